The van der Waals surface area contributed by atoms with Crippen molar-refractivity contribution in [3.63, 3.8) is 0 Å². The Labute approximate surface area is 134 Å². The van der Waals surface area contributed by atoms with E-state index in [0.29, 0.717) is 29.6 Å². The molecule has 22 heavy (non-hydrogen) atoms. The van der Waals surface area contributed by atoms with Gasteiger partial charge < -0.3 is 5.32 Å². The zero-order chi connectivity index (χ0) is 15.8. The molecule has 0 bridgehead atoms. The predicted molar refractivity (Wildman–Crippen MR) is 86.6 cm³/mol. The Balaban J connectivity index is 1.86. The molecule has 0 atom stereocenters. The number of hydrogen-bond acceptors (Lipinski definition) is 5. The lowest BCUT2D eigenvalue weighted by molar-refractivity contribution is 0.0932. The maximum Gasteiger partial charge on any atom is 0.268 e. The van der Waals surface area contributed by atoms with Crippen molar-refractivity contribution in [1.29, 1.82) is 0 Å². The Morgan fingerprint density at radius 2 is 1.86 bits per heavy atom. The largest absolute Gasteiger partial charge is 0.350 e. The normalized spacial score (nSPS) is 10.3. The topological polar surface area (TPSA) is 78.9 Å². The Morgan fingerprint density at radius 1 is 1.18 bits per heavy atom. The molecule has 0 radical (unpaired) electrons. The predicted octanol–water partition coefficient (Wildman–Crippen LogP) is 2.39. The third-order valence-corrected chi connectivity index (χ3v) is 3.11. The molecule has 7 heteroatoms. The molecule has 3 N–H and O–H groups in total. The number of amides is 1. The maximum absolute atomic E-state index is 11.8. The van der Waals surface area contributed by atoms with Gasteiger partial charge in [-0.05, 0) is 24.1 Å². The summed E-state index contributed by atoms with van der Waals surface area (Å²) < 4.78 is 0. The Bertz CT molecular complexity index is 600. The fourth-order valence-electron chi connectivity index (χ4n) is 1.66. The van der Waals surface area contributed by atoms with Crippen LogP contribution in [0.15, 0.2) is 36.7 Å². The van der Waals surface area contributed by atoms with Gasteiger partial charge in [-0.2, -0.15) is 0 Å². The van der Waals surface area contributed by atoms with Gasteiger partial charge in [-0.1, -0.05) is 30.7 Å². The summed E-state index contributed by atoms with van der Waals surface area (Å²) in [6.07, 6.45) is 3.91. The monoisotopic (exact) mass is 319 g/mol. The number of benzene rings is 1. The van der Waals surface area contributed by atoms with Gasteiger partial charge in [0.15, 0.2) is 0 Å². The van der Waals surface area contributed by atoms with E-state index in [9.17, 15) is 4.79 Å². The lowest BCUT2D eigenvalue weighted by atomic mass is 10.2. The second-order valence-corrected chi connectivity index (χ2v) is 5.09. The van der Waals surface area contributed by atoms with Gasteiger partial charge in [0, 0.05) is 30.5 Å². The quantitative estimate of drug-likeness (QED) is 0.539. The highest BCUT2D eigenvalue weighted by Crippen LogP contribution is 2.10. The lowest BCUT2D eigenvalue weighted by Crippen LogP contribution is -2.37. The number of aromatic nitrogens is 2. The van der Waals surface area contributed by atoms with Gasteiger partial charge in [0.25, 0.3) is 5.91 Å². The first-order chi connectivity index (χ1) is 10.7. The summed E-state index contributed by atoms with van der Waals surface area (Å²) in [4.78, 5) is 20.0. The van der Waals surface area contributed by atoms with Crippen LogP contribution < -0.4 is 16.2 Å². The van der Waals surface area contributed by atoms with Crippen LogP contribution in [0.2, 0.25) is 5.02 Å². The lowest BCUT2D eigenvalue weighted by Gasteiger charge is -2.07. The second kappa shape index (κ2) is 8.31. The van der Waals surface area contributed by atoms with Crippen molar-refractivity contribution >= 4 is 23.5 Å². The van der Waals surface area contributed by atoms with Crippen molar-refractivity contribution < 1.29 is 4.79 Å². The number of carbonyl (C=O) groups excluding carboxylic acids is 1. The molecule has 116 valence electrons. The Kier molecular flexibility index (Phi) is 6.12. The van der Waals surface area contributed by atoms with Crippen LogP contribution in [0, 0.1) is 0 Å². The van der Waals surface area contributed by atoms with E-state index in [2.05, 4.69) is 26.1 Å². The summed E-state index contributed by atoms with van der Waals surface area (Å²) in [7, 11) is 0. The molecule has 1 aromatic carbocycles. The van der Waals surface area contributed by atoms with E-state index in [1.807, 2.05) is 31.2 Å². The highest BCUT2D eigenvalue weighted by molar-refractivity contribution is 6.30. The average Bonchev–Trinajstić information content (AvgIpc) is 2.55. The van der Waals surface area contributed by atoms with Gasteiger partial charge in [-0.25, -0.2) is 15.4 Å². The highest BCUT2D eigenvalue weighted by atomic mass is 35.5. The molecule has 1 aromatic heterocycles. The average molecular weight is 320 g/mol. The molecule has 0 unspecified atom stereocenters. The fourth-order valence-corrected chi connectivity index (χ4v) is 1.79. The summed E-state index contributed by atoms with van der Waals surface area (Å²) >= 11 is 5.83. The van der Waals surface area contributed by atoms with Gasteiger partial charge >= 0.3 is 0 Å². The number of nitrogens with zero attached hydrogens (tertiary/aromatic N) is 2. The van der Waals surface area contributed by atoms with Crippen molar-refractivity contribution in [2.24, 2.45) is 0 Å². The number of anilines is 1. The van der Waals surface area contributed by atoms with E-state index < -0.39 is 0 Å². The van der Waals surface area contributed by atoms with Gasteiger partial charge in [0.2, 0.25) is 5.95 Å². The van der Waals surface area contributed by atoms with Crippen molar-refractivity contribution in [3.05, 3.63) is 52.8 Å². The maximum atomic E-state index is 11.8. The molecule has 2 aromatic rings. The highest BCUT2D eigenvalue weighted by Gasteiger charge is 2.06. The van der Waals surface area contributed by atoms with Crippen LogP contribution in [0.3, 0.4) is 0 Å². The molecule has 0 saturated heterocycles. The Morgan fingerprint density at radius 3 is 2.50 bits per heavy atom. The Hall–Kier alpha value is -2.18. The zero-order valence-corrected chi connectivity index (χ0v) is 13.0. The molecule has 6 nitrogen and oxygen atoms in total. The van der Waals surface area contributed by atoms with Crippen LogP contribution in [0.4, 0.5) is 5.95 Å². The van der Waals surface area contributed by atoms with Crippen LogP contribution in [0.1, 0.15) is 29.3 Å². The summed E-state index contributed by atoms with van der Waals surface area (Å²) in [6, 6.07) is 7.51. The minimum absolute atomic E-state index is 0.252. The first kappa shape index (κ1) is 16.2. The van der Waals surface area contributed by atoms with Gasteiger partial charge in [0.1, 0.15) is 0 Å². The second-order valence-electron chi connectivity index (χ2n) is 4.66. The van der Waals surface area contributed by atoms with E-state index in [4.69, 9.17) is 11.6 Å². The summed E-state index contributed by atoms with van der Waals surface area (Å²) in [5.41, 5.74) is 6.87. The fraction of sp³-hybridized carbons (Fsp3) is 0.267. The van der Waals surface area contributed by atoms with E-state index in [1.54, 1.807) is 0 Å². The van der Waals surface area contributed by atoms with E-state index in [0.717, 1.165) is 12.0 Å². The number of carbonyl (C=O) groups is 1. The molecule has 0 saturated carbocycles. The van der Waals surface area contributed by atoms with E-state index in [-0.39, 0.29) is 5.91 Å². The molecule has 1 heterocycles. The molecule has 0 spiro atoms. The number of rotatable bonds is 7. The van der Waals surface area contributed by atoms with Crippen LogP contribution in [0.5, 0.6) is 0 Å². The summed E-state index contributed by atoms with van der Waals surface area (Å²) in [5.74, 6) is 0.214. The summed E-state index contributed by atoms with van der Waals surface area (Å²) in [6.45, 7) is 3.32. The van der Waals surface area contributed by atoms with E-state index in [1.165, 1.54) is 12.4 Å². The third kappa shape index (κ3) is 4.98. The van der Waals surface area contributed by atoms with Crippen LogP contribution in [-0.2, 0) is 6.54 Å². The standard InChI is InChI=1S/C15H18ClN5O/c1-2-7-20-21-14(22)12-9-18-15(19-10-12)17-8-11-3-5-13(16)6-4-11/h3-6,9-10,20H,2,7-8H2,1H3,(H,21,22)(H,17,18,19). The molecule has 0 fully saturated rings. The number of nitrogens with one attached hydrogen (secondary N) is 3. The molecule has 0 aliphatic heterocycles. The number of hydrazine groups is 1. The molecular weight excluding hydrogens is 302 g/mol. The van der Waals surface area contributed by atoms with Crippen molar-refractivity contribution in [3.8, 4) is 0 Å². The molecule has 0 aliphatic rings. The minimum Gasteiger partial charge on any atom is -0.350 e. The number of halogens is 1. The van der Waals surface area contributed by atoms with Crippen molar-refractivity contribution in [1.82, 2.24) is 20.8 Å². The van der Waals surface area contributed by atoms with Crippen molar-refractivity contribution in [2.45, 2.75) is 19.9 Å². The van der Waals surface area contributed by atoms with Gasteiger partial charge in [0.05, 0.1) is 5.56 Å². The first-order valence-corrected chi connectivity index (χ1v) is 7.40. The first-order valence-electron chi connectivity index (χ1n) is 7.02. The van der Waals surface area contributed by atoms with Crippen LogP contribution in [-0.4, -0.2) is 22.4 Å². The minimum atomic E-state index is -0.252. The van der Waals surface area contributed by atoms with Crippen LogP contribution >= 0.6 is 11.6 Å². The third-order valence-electron chi connectivity index (χ3n) is 2.85. The van der Waals surface area contributed by atoms with E-state index >= 15 is 0 Å². The van der Waals surface area contributed by atoms with Crippen LogP contribution in [0.25, 0.3) is 0 Å². The smallest absolute Gasteiger partial charge is 0.268 e. The van der Waals surface area contributed by atoms with Crippen molar-refractivity contribution in [2.75, 3.05) is 11.9 Å². The van der Waals surface area contributed by atoms with Gasteiger partial charge in [-0.15, -0.1) is 0 Å². The molecule has 1 amide bonds. The molecular formula is C15H18ClN5O. The molecule has 0 aliphatic carbocycles. The number of hydrogen-bond donors (Lipinski definition) is 3. The molecule has 2 rings (SSSR count). The van der Waals surface area contributed by atoms with Gasteiger partial charge in [-0.3, -0.25) is 10.2 Å². The SMILES string of the molecule is CCCNNC(=O)c1cnc(NCc2ccc(Cl)cc2)nc1. The summed E-state index contributed by atoms with van der Waals surface area (Å²) in [5, 5.41) is 3.79. The zero-order valence-electron chi connectivity index (χ0n) is 12.3.